The molecule has 0 aromatic heterocycles. The average Bonchev–Trinajstić information content (AvgIpc) is 2.88. The van der Waals surface area contributed by atoms with Crippen molar-refractivity contribution in [3.05, 3.63) is 0 Å². The summed E-state index contributed by atoms with van der Waals surface area (Å²) in [5.41, 5.74) is 0. The number of nitrogens with zero attached hydrogens (tertiary/aromatic N) is 1. The number of likely N-dealkylation sites (N-methyl/N-ethyl adjacent to an activating group) is 1. The molecule has 1 aliphatic carbocycles. The molecule has 0 bridgehead atoms. The van der Waals surface area contributed by atoms with E-state index in [-0.39, 0.29) is 0 Å². The van der Waals surface area contributed by atoms with Gasteiger partial charge in [-0.15, -0.1) is 0 Å². The Bertz CT molecular complexity index is 165. The van der Waals surface area contributed by atoms with Crippen LogP contribution in [0.5, 0.6) is 0 Å². The van der Waals surface area contributed by atoms with Crippen LogP contribution in [0.1, 0.15) is 32.6 Å². The summed E-state index contributed by atoms with van der Waals surface area (Å²) in [7, 11) is 2.25. The van der Waals surface area contributed by atoms with E-state index in [0.29, 0.717) is 0 Å². The van der Waals surface area contributed by atoms with Crippen molar-refractivity contribution >= 4 is 0 Å². The highest BCUT2D eigenvalue weighted by atomic mass is 15.2. The van der Waals surface area contributed by atoms with Crippen LogP contribution in [-0.4, -0.2) is 37.1 Å². The Balaban J connectivity index is 1.66. The van der Waals surface area contributed by atoms with Gasteiger partial charge in [-0.05, 0) is 52.1 Å². The zero-order chi connectivity index (χ0) is 9.26. The molecule has 0 aromatic carbocycles. The van der Waals surface area contributed by atoms with Gasteiger partial charge in [0.1, 0.15) is 0 Å². The molecule has 0 aromatic rings. The monoisotopic (exact) mass is 182 g/mol. The molecular formula is C11H22N2. The Hall–Kier alpha value is -0.0800. The van der Waals surface area contributed by atoms with Gasteiger partial charge in [-0.25, -0.2) is 0 Å². The summed E-state index contributed by atoms with van der Waals surface area (Å²) < 4.78 is 0. The molecule has 1 N–H and O–H groups in total. The lowest BCUT2D eigenvalue weighted by atomic mass is 10.2. The Kier molecular flexibility index (Phi) is 2.89. The van der Waals surface area contributed by atoms with Crippen molar-refractivity contribution < 1.29 is 0 Å². The molecule has 76 valence electrons. The van der Waals surface area contributed by atoms with Gasteiger partial charge in [0.25, 0.3) is 0 Å². The third-order valence-corrected chi connectivity index (χ3v) is 3.68. The quantitative estimate of drug-likeness (QED) is 0.708. The molecule has 1 heterocycles. The summed E-state index contributed by atoms with van der Waals surface area (Å²) in [5.74, 6) is 0.992. The maximum absolute atomic E-state index is 3.68. The summed E-state index contributed by atoms with van der Waals surface area (Å²) >= 11 is 0. The van der Waals surface area contributed by atoms with E-state index in [0.717, 1.165) is 18.0 Å². The number of hydrogen-bond acceptors (Lipinski definition) is 2. The molecule has 0 radical (unpaired) electrons. The molecule has 2 rings (SSSR count). The maximum Gasteiger partial charge on any atom is 0.0218 e. The lowest BCUT2D eigenvalue weighted by Gasteiger charge is -2.22. The Labute approximate surface area is 81.7 Å². The molecule has 2 aliphatic rings. The fourth-order valence-electron chi connectivity index (χ4n) is 2.32. The molecule has 1 saturated carbocycles. The molecule has 0 amide bonds. The Morgan fingerprint density at radius 1 is 1.38 bits per heavy atom. The van der Waals surface area contributed by atoms with Crippen LogP contribution in [0.25, 0.3) is 0 Å². The minimum Gasteiger partial charge on any atom is -0.312 e. The van der Waals surface area contributed by atoms with Gasteiger partial charge in [-0.3, -0.25) is 0 Å². The standard InChI is InChI=1S/C11H22N2/c1-9(10-5-6-10)12-8-11-4-3-7-13(11)2/h9-12H,3-8H2,1-2H3. The summed E-state index contributed by atoms with van der Waals surface area (Å²) in [6, 6.07) is 1.56. The smallest absolute Gasteiger partial charge is 0.0218 e. The predicted molar refractivity (Wildman–Crippen MR) is 55.8 cm³/mol. The van der Waals surface area contributed by atoms with Crippen molar-refractivity contribution in [1.29, 1.82) is 0 Å². The second-order valence-electron chi connectivity index (χ2n) is 4.81. The first-order valence-electron chi connectivity index (χ1n) is 5.71. The molecule has 2 fully saturated rings. The molecule has 2 atom stereocenters. The average molecular weight is 182 g/mol. The first kappa shape index (κ1) is 9.47. The molecular weight excluding hydrogens is 160 g/mol. The van der Waals surface area contributed by atoms with Crippen LogP contribution in [0.4, 0.5) is 0 Å². The zero-order valence-corrected chi connectivity index (χ0v) is 8.92. The highest BCUT2D eigenvalue weighted by Crippen LogP contribution is 2.32. The number of nitrogens with one attached hydrogen (secondary N) is 1. The van der Waals surface area contributed by atoms with Crippen molar-refractivity contribution in [2.45, 2.75) is 44.7 Å². The fraction of sp³-hybridized carbons (Fsp3) is 1.00. The van der Waals surface area contributed by atoms with Crippen LogP contribution in [0.2, 0.25) is 0 Å². The van der Waals surface area contributed by atoms with Gasteiger partial charge in [-0.1, -0.05) is 0 Å². The fourth-order valence-corrected chi connectivity index (χ4v) is 2.32. The summed E-state index contributed by atoms with van der Waals surface area (Å²) in [6.45, 7) is 4.84. The van der Waals surface area contributed by atoms with Gasteiger partial charge in [-0.2, -0.15) is 0 Å². The van der Waals surface area contributed by atoms with E-state index in [9.17, 15) is 0 Å². The van der Waals surface area contributed by atoms with E-state index in [4.69, 9.17) is 0 Å². The van der Waals surface area contributed by atoms with Gasteiger partial charge in [0.15, 0.2) is 0 Å². The summed E-state index contributed by atoms with van der Waals surface area (Å²) in [6.07, 6.45) is 5.69. The Morgan fingerprint density at radius 3 is 2.69 bits per heavy atom. The molecule has 2 unspecified atom stereocenters. The molecule has 13 heavy (non-hydrogen) atoms. The van der Waals surface area contributed by atoms with Gasteiger partial charge >= 0.3 is 0 Å². The van der Waals surface area contributed by atoms with Crippen LogP contribution >= 0.6 is 0 Å². The predicted octanol–water partition coefficient (Wildman–Crippen LogP) is 1.47. The highest BCUT2D eigenvalue weighted by Gasteiger charge is 2.29. The Morgan fingerprint density at radius 2 is 2.15 bits per heavy atom. The van der Waals surface area contributed by atoms with Crippen LogP contribution in [0.3, 0.4) is 0 Å². The third kappa shape index (κ3) is 2.44. The van der Waals surface area contributed by atoms with E-state index in [1.165, 1.54) is 38.8 Å². The topological polar surface area (TPSA) is 15.3 Å². The van der Waals surface area contributed by atoms with E-state index in [1.54, 1.807) is 0 Å². The van der Waals surface area contributed by atoms with Gasteiger partial charge < -0.3 is 10.2 Å². The van der Waals surface area contributed by atoms with Crippen molar-refractivity contribution in [2.24, 2.45) is 5.92 Å². The van der Waals surface area contributed by atoms with E-state index < -0.39 is 0 Å². The van der Waals surface area contributed by atoms with Crippen molar-refractivity contribution in [2.75, 3.05) is 20.1 Å². The van der Waals surface area contributed by atoms with Crippen molar-refractivity contribution in [1.82, 2.24) is 10.2 Å². The molecule has 2 heteroatoms. The van der Waals surface area contributed by atoms with Crippen LogP contribution in [0, 0.1) is 5.92 Å². The first-order chi connectivity index (χ1) is 6.27. The van der Waals surface area contributed by atoms with Gasteiger partial charge in [0.2, 0.25) is 0 Å². The van der Waals surface area contributed by atoms with Crippen molar-refractivity contribution in [3.8, 4) is 0 Å². The summed E-state index contributed by atoms with van der Waals surface area (Å²) in [4.78, 5) is 2.49. The SMILES string of the molecule is CC(NCC1CCCN1C)C1CC1. The van der Waals surface area contributed by atoms with E-state index in [2.05, 4.69) is 24.2 Å². The minimum absolute atomic E-state index is 0.758. The first-order valence-corrected chi connectivity index (χ1v) is 5.71. The number of rotatable bonds is 4. The van der Waals surface area contributed by atoms with Crippen LogP contribution < -0.4 is 5.32 Å². The van der Waals surface area contributed by atoms with Crippen LogP contribution in [-0.2, 0) is 0 Å². The zero-order valence-electron chi connectivity index (χ0n) is 8.92. The largest absolute Gasteiger partial charge is 0.312 e. The lowest BCUT2D eigenvalue weighted by Crippen LogP contribution is -2.39. The second kappa shape index (κ2) is 3.97. The number of likely N-dealkylation sites (tertiary alicyclic amines) is 1. The number of hydrogen-bond donors (Lipinski definition) is 1. The maximum atomic E-state index is 3.68. The van der Waals surface area contributed by atoms with Gasteiger partial charge in [0, 0.05) is 18.6 Å². The second-order valence-corrected chi connectivity index (χ2v) is 4.81. The van der Waals surface area contributed by atoms with Gasteiger partial charge in [0.05, 0.1) is 0 Å². The highest BCUT2D eigenvalue weighted by molar-refractivity contribution is 4.86. The van der Waals surface area contributed by atoms with Crippen molar-refractivity contribution in [3.63, 3.8) is 0 Å². The van der Waals surface area contributed by atoms with Crippen LogP contribution in [0.15, 0.2) is 0 Å². The minimum atomic E-state index is 0.758. The molecule has 1 saturated heterocycles. The molecule has 0 spiro atoms. The molecule has 1 aliphatic heterocycles. The molecule has 2 nitrogen and oxygen atoms in total. The third-order valence-electron chi connectivity index (χ3n) is 3.68. The van der Waals surface area contributed by atoms with E-state index in [1.807, 2.05) is 0 Å². The summed E-state index contributed by atoms with van der Waals surface area (Å²) in [5, 5.41) is 3.68. The lowest BCUT2D eigenvalue weighted by molar-refractivity contribution is 0.289. The normalized spacial score (nSPS) is 32.3. The van der Waals surface area contributed by atoms with E-state index >= 15 is 0 Å².